The molecule has 0 spiro atoms. The van der Waals surface area contributed by atoms with Crippen LogP contribution < -0.4 is 10.5 Å². The summed E-state index contributed by atoms with van der Waals surface area (Å²) in [5.74, 6) is 0.800. The Bertz CT molecular complexity index is 546. The van der Waals surface area contributed by atoms with E-state index < -0.39 is 0 Å². The van der Waals surface area contributed by atoms with Gasteiger partial charge in [-0.1, -0.05) is 6.07 Å². The monoisotopic (exact) mass is 230 g/mol. The molecule has 2 N–H and O–H groups in total. The molecule has 4 heteroatoms. The van der Waals surface area contributed by atoms with Crippen LogP contribution in [-0.4, -0.2) is 12.3 Å². The van der Waals surface area contributed by atoms with Gasteiger partial charge < -0.3 is 10.5 Å². The topological polar surface area (TPSA) is 47.6 Å². The van der Waals surface area contributed by atoms with Gasteiger partial charge in [0.05, 0.1) is 10.6 Å². The number of nitrogen functional groups attached to an aromatic ring is 1. The Labute approximate surface area is 97.2 Å². The SMILES string of the molecule is Nc1ccc2c(c1)N=C(c1cccs1)CO2. The first kappa shape index (κ1) is 9.42. The van der Waals surface area contributed by atoms with E-state index in [0.29, 0.717) is 12.3 Å². The number of anilines is 1. The van der Waals surface area contributed by atoms with Gasteiger partial charge in [0.25, 0.3) is 0 Å². The van der Waals surface area contributed by atoms with Crippen molar-refractivity contribution in [1.82, 2.24) is 0 Å². The van der Waals surface area contributed by atoms with Crippen LogP contribution in [0.1, 0.15) is 4.88 Å². The molecule has 0 saturated carbocycles. The molecule has 0 aliphatic carbocycles. The lowest BCUT2D eigenvalue weighted by Gasteiger charge is -2.16. The molecule has 0 saturated heterocycles. The van der Waals surface area contributed by atoms with Crippen molar-refractivity contribution in [3.8, 4) is 5.75 Å². The molecule has 0 amide bonds. The zero-order valence-corrected chi connectivity index (χ0v) is 9.33. The van der Waals surface area contributed by atoms with Crippen LogP contribution >= 0.6 is 11.3 Å². The fourth-order valence-corrected chi connectivity index (χ4v) is 2.34. The standard InChI is InChI=1S/C12H10N2OS/c13-8-3-4-11-9(6-8)14-10(7-15-11)12-2-1-5-16-12/h1-6H,7,13H2. The third-order valence-corrected chi connectivity index (χ3v) is 3.33. The molecule has 0 atom stereocenters. The summed E-state index contributed by atoms with van der Waals surface area (Å²) in [6.45, 7) is 0.525. The molecule has 3 rings (SSSR count). The second kappa shape index (κ2) is 3.64. The highest BCUT2D eigenvalue weighted by molar-refractivity contribution is 7.12. The molecule has 0 bridgehead atoms. The maximum absolute atomic E-state index is 5.72. The molecule has 0 fully saturated rings. The zero-order valence-electron chi connectivity index (χ0n) is 8.51. The largest absolute Gasteiger partial charge is 0.485 e. The lowest BCUT2D eigenvalue weighted by Crippen LogP contribution is -2.15. The Morgan fingerprint density at radius 2 is 2.25 bits per heavy atom. The van der Waals surface area contributed by atoms with Crippen molar-refractivity contribution >= 4 is 28.4 Å². The number of rotatable bonds is 1. The van der Waals surface area contributed by atoms with Crippen LogP contribution in [0.5, 0.6) is 5.75 Å². The minimum absolute atomic E-state index is 0.525. The van der Waals surface area contributed by atoms with Gasteiger partial charge in [-0.2, -0.15) is 0 Å². The Balaban J connectivity index is 2.07. The molecule has 1 aliphatic heterocycles. The van der Waals surface area contributed by atoms with E-state index in [2.05, 4.69) is 4.99 Å². The highest BCUT2D eigenvalue weighted by Gasteiger charge is 2.14. The van der Waals surface area contributed by atoms with E-state index in [4.69, 9.17) is 10.5 Å². The number of thiophene rings is 1. The van der Waals surface area contributed by atoms with Gasteiger partial charge in [0, 0.05) is 5.69 Å². The van der Waals surface area contributed by atoms with Gasteiger partial charge in [-0.05, 0) is 29.6 Å². The number of nitrogens with zero attached hydrogens (tertiary/aromatic N) is 1. The molecular formula is C12H10N2OS. The summed E-state index contributed by atoms with van der Waals surface area (Å²) in [6.07, 6.45) is 0. The van der Waals surface area contributed by atoms with Crippen LogP contribution in [0.3, 0.4) is 0 Å². The first-order valence-electron chi connectivity index (χ1n) is 4.97. The number of ether oxygens (including phenoxy) is 1. The van der Waals surface area contributed by atoms with Crippen molar-refractivity contribution in [2.45, 2.75) is 0 Å². The van der Waals surface area contributed by atoms with E-state index >= 15 is 0 Å². The molecule has 3 nitrogen and oxygen atoms in total. The van der Waals surface area contributed by atoms with Crippen molar-refractivity contribution in [2.75, 3.05) is 12.3 Å². The molecule has 2 heterocycles. The summed E-state index contributed by atoms with van der Waals surface area (Å²) in [6, 6.07) is 9.58. The van der Waals surface area contributed by atoms with Crippen molar-refractivity contribution < 1.29 is 4.74 Å². The lowest BCUT2D eigenvalue weighted by atomic mass is 10.2. The van der Waals surface area contributed by atoms with Gasteiger partial charge >= 0.3 is 0 Å². The first-order chi connectivity index (χ1) is 7.83. The molecule has 1 aromatic heterocycles. The second-order valence-electron chi connectivity index (χ2n) is 3.55. The maximum atomic E-state index is 5.72. The van der Waals surface area contributed by atoms with E-state index in [-0.39, 0.29) is 0 Å². The van der Waals surface area contributed by atoms with Gasteiger partial charge in [0.1, 0.15) is 18.0 Å². The van der Waals surface area contributed by atoms with Gasteiger partial charge in [0.2, 0.25) is 0 Å². The summed E-state index contributed by atoms with van der Waals surface area (Å²) in [4.78, 5) is 5.72. The number of aliphatic imine (C=N–C) groups is 1. The summed E-state index contributed by atoms with van der Waals surface area (Å²) in [5.41, 5.74) is 8.21. The minimum Gasteiger partial charge on any atom is -0.485 e. The maximum Gasteiger partial charge on any atom is 0.145 e. The van der Waals surface area contributed by atoms with Crippen molar-refractivity contribution in [2.24, 2.45) is 4.99 Å². The van der Waals surface area contributed by atoms with Crippen LogP contribution in [0.2, 0.25) is 0 Å². The van der Waals surface area contributed by atoms with Crippen LogP contribution in [-0.2, 0) is 0 Å². The number of hydrogen-bond donors (Lipinski definition) is 1. The Kier molecular flexibility index (Phi) is 2.15. The second-order valence-corrected chi connectivity index (χ2v) is 4.50. The fraction of sp³-hybridized carbons (Fsp3) is 0.0833. The van der Waals surface area contributed by atoms with Crippen molar-refractivity contribution in [3.05, 3.63) is 40.6 Å². The molecule has 2 aromatic rings. The summed E-state index contributed by atoms with van der Waals surface area (Å²) < 4.78 is 5.64. The third kappa shape index (κ3) is 1.57. The number of fused-ring (bicyclic) bond motifs is 1. The molecule has 0 radical (unpaired) electrons. The van der Waals surface area contributed by atoms with E-state index in [0.717, 1.165) is 22.0 Å². The molecule has 1 aliphatic rings. The van der Waals surface area contributed by atoms with E-state index in [9.17, 15) is 0 Å². The fourth-order valence-electron chi connectivity index (χ4n) is 1.64. The highest BCUT2D eigenvalue weighted by atomic mass is 32.1. The molecule has 1 aromatic carbocycles. The normalized spacial score (nSPS) is 13.9. The third-order valence-electron chi connectivity index (χ3n) is 2.41. The van der Waals surface area contributed by atoms with Crippen molar-refractivity contribution in [3.63, 3.8) is 0 Å². The molecule has 0 unspecified atom stereocenters. The smallest absolute Gasteiger partial charge is 0.145 e. The Morgan fingerprint density at radius 1 is 1.31 bits per heavy atom. The van der Waals surface area contributed by atoms with E-state index in [1.165, 1.54) is 0 Å². The van der Waals surface area contributed by atoms with Gasteiger partial charge in [-0.3, -0.25) is 0 Å². The summed E-state index contributed by atoms with van der Waals surface area (Å²) in [5, 5.41) is 2.03. The number of nitrogens with two attached hydrogens (primary N) is 1. The van der Waals surface area contributed by atoms with E-state index in [1.807, 2.05) is 35.7 Å². The van der Waals surface area contributed by atoms with Crippen LogP contribution in [0.25, 0.3) is 0 Å². The van der Waals surface area contributed by atoms with Gasteiger partial charge in [-0.15, -0.1) is 11.3 Å². The van der Waals surface area contributed by atoms with Gasteiger partial charge in [-0.25, -0.2) is 4.99 Å². The zero-order chi connectivity index (χ0) is 11.0. The van der Waals surface area contributed by atoms with Crippen LogP contribution in [0, 0.1) is 0 Å². The highest BCUT2D eigenvalue weighted by Crippen LogP contribution is 2.33. The first-order valence-corrected chi connectivity index (χ1v) is 5.85. The number of benzene rings is 1. The van der Waals surface area contributed by atoms with Crippen LogP contribution in [0.15, 0.2) is 40.7 Å². The Morgan fingerprint density at radius 3 is 3.06 bits per heavy atom. The average molecular weight is 230 g/mol. The predicted octanol–water partition coefficient (Wildman–Crippen LogP) is 2.84. The Hall–Kier alpha value is -1.81. The lowest BCUT2D eigenvalue weighted by molar-refractivity contribution is 0.373. The summed E-state index contributed by atoms with van der Waals surface area (Å²) >= 11 is 1.67. The number of hydrogen-bond acceptors (Lipinski definition) is 4. The molecule has 80 valence electrons. The van der Waals surface area contributed by atoms with Crippen LogP contribution in [0.4, 0.5) is 11.4 Å². The quantitative estimate of drug-likeness (QED) is 0.766. The molecular weight excluding hydrogens is 220 g/mol. The van der Waals surface area contributed by atoms with Gasteiger partial charge in [0.15, 0.2) is 0 Å². The average Bonchev–Trinajstić information content (AvgIpc) is 2.81. The summed E-state index contributed by atoms with van der Waals surface area (Å²) in [7, 11) is 0. The van der Waals surface area contributed by atoms with Crippen molar-refractivity contribution in [1.29, 1.82) is 0 Å². The minimum atomic E-state index is 0.525. The molecule has 16 heavy (non-hydrogen) atoms. The predicted molar refractivity (Wildman–Crippen MR) is 66.9 cm³/mol. The van der Waals surface area contributed by atoms with E-state index in [1.54, 1.807) is 11.3 Å².